The highest BCUT2D eigenvalue weighted by atomic mass is 16.5. The summed E-state index contributed by atoms with van der Waals surface area (Å²) < 4.78 is 5.72. The minimum Gasteiger partial charge on any atom is -0.478 e. The number of nitrogens with two attached hydrogens (primary N) is 1. The molecule has 0 amide bonds. The van der Waals surface area contributed by atoms with E-state index in [1.807, 2.05) is 19.1 Å². The van der Waals surface area contributed by atoms with Crippen LogP contribution in [-0.2, 0) is 6.54 Å². The molecule has 1 aliphatic rings. The Labute approximate surface area is 109 Å². The zero-order chi connectivity index (χ0) is 13.0. The van der Waals surface area contributed by atoms with E-state index >= 15 is 0 Å². The summed E-state index contributed by atoms with van der Waals surface area (Å²) >= 11 is 0. The van der Waals surface area contributed by atoms with Gasteiger partial charge in [-0.25, -0.2) is 4.98 Å². The zero-order valence-corrected chi connectivity index (χ0v) is 11.4. The zero-order valence-electron chi connectivity index (χ0n) is 11.4. The molecule has 0 bridgehead atoms. The van der Waals surface area contributed by atoms with Gasteiger partial charge < -0.3 is 15.4 Å². The fourth-order valence-electron chi connectivity index (χ4n) is 2.51. The van der Waals surface area contributed by atoms with E-state index in [1.54, 1.807) is 0 Å². The Morgan fingerprint density at radius 3 is 2.94 bits per heavy atom. The van der Waals surface area contributed by atoms with E-state index in [0.29, 0.717) is 18.5 Å². The first-order valence-electron chi connectivity index (χ1n) is 6.70. The molecule has 100 valence electrons. The Morgan fingerprint density at radius 2 is 2.33 bits per heavy atom. The van der Waals surface area contributed by atoms with Crippen LogP contribution in [0.25, 0.3) is 0 Å². The Balaban J connectivity index is 1.81. The number of nitrogens with zero attached hydrogens (tertiary/aromatic N) is 2. The quantitative estimate of drug-likeness (QED) is 0.863. The second kappa shape index (κ2) is 6.16. The first-order chi connectivity index (χ1) is 8.70. The van der Waals surface area contributed by atoms with Crippen LogP contribution in [0.1, 0.15) is 30.5 Å². The largest absolute Gasteiger partial charge is 0.478 e. The second-order valence-corrected chi connectivity index (χ2v) is 5.01. The highest BCUT2D eigenvalue weighted by Gasteiger charge is 2.20. The van der Waals surface area contributed by atoms with Crippen molar-refractivity contribution in [2.75, 3.05) is 20.2 Å². The smallest absolute Gasteiger partial charge is 0.213 e. The summed E-state index contributed by atoms with van der Waals surface area (Å²) in [7, 11) is 2.19. The predicted molar refractivity (Wildman–Crippen MR) is 72.6 cm³/mol. The van der Waals surface area contributed by atoms with Gasteiger partial charge in [0.1, 0.15) is 0 Å². The van der Waals surface area contributed by atoms with Crippen LogP contribution in [0, 0.1) is 6.92 Å². The molecule has 1 aliphatic heterocycles. The van der Waals surface area contributed by atoms with Crippen LogP contribution < -0.4 is 10.5 Å². The van der Waals surface area contributed by atoms with Gasteiger partial charge in [-0.05, 0) is 45.3 Å². The van der Waals surface area contributed by atoms with Gasteiger partial charge in [-0.2, -0.15) is 0 Å². The molecular formula is C14H23N3O. The summed E-state index contributed by atoms with van der Waals surface area (Å²) in [5, 5.41) is 0. The first-order valence-corrected chi connectivity index (χ1v) is 6.70. The molecule has 1 atom stereocenters. The van der Waals surface area contributed by atoms with Crippen molar-refractivity contribution in [1.29, 1.82) is 0 Å². The maximum absolute atomic E-state index is 5.72. The topological polar surface area (TPSA) is 51.4 Å². The van der Waals surface area contributed by atoms with Gasteiger partial charge in [0.15, 0.2) is 0 Å². The van der Waals surface area contributed by atoms with E-state index in [9.17, 15) is 0 Å². The molecule has 1 fully saturated rings. The lowest BCUT2D eigenvalue weighted by molar-refractivity contribution is 0.228. The number of hydrogen-bond donors (Lipinski definition) is 1. The van der Waals surface area contributed by atoms with Gasteiger partial charge in [0.2, 0.25) is 5.88 Å². The Hall–Kier alpha value is -1.13. The third-order valence-electron chi connectivity index (χ3n) is 3.76. The Kier molecular flexibility index (Phi) is 4.55. The third-order valence-corrected chi connectivity index (χ3v) is 3.76. The molecule has 4 heteroatoms. The van der Waals surface area contributed by atoms with E-state index in [-0.39, 0.29) is 0 Å². The molecular weight excluding hydrogens is 226 g/mol. The number of rotatable bonds is 5. The molecule has 0 saturated carbocycles. The van der Waals surface area contributed by atoms with Crippen LogP contribution in [0.2, 0.25) is 0 Å². The van der Waals surface area contributed by atoms with Crippen LogP contribution >= 0.6 is 0 Å². The molecule has 2 rings (SSSR count). The van der Waals surface area contributed by atoms with Gasteiger partial charge in [-0.15, -0.1) is 0 Å². The number of ether oxygens (including phenoxy) is 1. The lowest BCUT2D eigenvalue weighted by Gasteiger charge is -2.19. The lowest BCUT2D eigenvalue weighted by Crippen LogP contribution is -2.26. The summed E-state index contributed by atoms with van der Waals surface area (Å²) in [4.78, 5) is 6.83. The van der Waals surface area contributed by atoms with Crippen molar-refractivity contribution in [2.45, 2.75) is 38.8 Å². The van der Waals surface area contributed by atoms with E-state index in [1.165, 1.54) is 19.4 Å². The summed E-state index contributed by atoms with van der Waals surface area (Å²) in [5.74, 6) is 0.713. The lowest BCUT2D eigenvalue weighted by atomic mass is 10.1. The molecule has 1 unspecified atom stereocenters. The molecule has 2 N–H and O–H groups in total. The maximum Gasteiger partial charge on any atom is 0.213 e. The molecule has 2 heterocycles. The summed E-state index contributed by atoms with van der Waals surface area (Å²) in [6, 6.07) is 4.59. The monoisotopic (exact) mass is 249 g/mol. The molecule has 0 radical (unpaired) electrons. The molecule has 1 saturated heterocycles. The molecule has 1 aromatic heterocycles. The number of likely N-dealkylation sites (tertiary alicyclic amines) is 1. The molecule has 0 aromatic carbocycles. The summed E-state index contributed by atoms with van der Waals surface area (Å²) in [6.45, 7) is 4.46. The van der Waals surface area contributed by atoms with E-state index < -0.39 is 0 Å². The maximum atomic E-state index is 5.72. The Bertz CT molecular complexity index is 395. The second-order valence-electron chi connectivity index (χ2n) is 5.01. The van der Waals surface area contributed by atoms with Crippen molar-refractivity contribution in [1.82, 2.24) is 9.88 Å². The van der Waals surface area contributed by atoms with Crippen molar-refractivity contribution < 1.29 is 4.74 Å². The van der Waals surface area contributed by atoms with Crippen molar-refractivity contribution in [3.05, 3.63) is 23.4 Å². The van der Waals surface area contributed by atoms with Crippen LogP contribution in [-0.4, -0.2) is 36.1 Å². The van der Waals surface area contributed by atoms with Gasteiger partial charge in [0.25, 0.3) is 0 Å². The molecule has 0 aliphatic carbocycles. The minimum absolute atomic E-state index is 0.534. The fourth-order valence-corrected chi connectivity index (χ4v) is 2.51. The predicted octanol–water partition coefficient (Wildman–Crippen LogP) is 1.71. The standard InChI is InChI=1S/C14H23N3O/c1-11-12(10-15)5-6-14(16-11)18-9-7-13-4-3-8-17(13)2/h5-6,13H,3-4,7-10,15H2,1-2H3. The van der Waals surface area contributed by atoms with Gasteiger partial charge in [-0.1, -0.05) is 6.07 Å². The Morgan fingerprint density at radius 1 is 1.50 bits per heavy atom. The van der Waals surface area contributed by atoms with Crippen LogP contribution in [0.15, 0.2) is 12.1 Å². The summed E-state index contributed by atoms with van der Waals surface area (Å²) in [5.41, 5.74) is 7.66. The van der Waals surface area contributed by atoms with Crippen LogP contribution in [0.3, 0.4) is 0 Å². The average molecular weight is 249 g/mol. The van der Waals surface area contributed by atoms with E-state index in [0.717, 1.165) is 24.3 Å². The highest BCUT2D eigenvalue weighted by Crippen LogP contribution is 2.18. The van der Waals surface area contributed by atoms with E-state index in [4.69, 9.17) is 10.5 Å². The number of aromatic nitrogens is 1. The van der Waals surface area contributed by atoms with Crippen LogP contribution in [0.5, 0.6) is 5.88 Å². The fraction of sp³-hybridized carbons (Fsp3) is 0.643. The molecule has 0 spiro atoms. The van der Waals surface area contributed by atoms with Crippen molar-refractivity contribution in [3.8, 4) is 5.88 Å². The molecule has 18 heavy (non-hydrogen) atoms. The first kappa shape index (κ1) is 13.3. The number of aryl methyl sites for hydroxylation is 1. The van der Waals surface area contributed by atoms with Crippen molar-refractivity contribution in [3.63, 3.8) is 0 Å². The van der Waals surface area contributed by atoms with Gasteiger partial charge in [0.05, 0.1) is 6.61 Å². The number of pyridine rings is 1. The average Bonchev–Trinajstić information content (AvgIpc) is 2.75. The van der Waals surface area contributed by atoms with Gasteiger partial charge in [-0.3, -0.25) is 0 Å². The third kappa shape index (κ3) is 3.21. The van der Waals surface area contributed by atoms with E-state index in [2.05, 4.69) is 16.9 Å². The minimum atomic E-state index is 0.534. The van der Waals surface area contributed by atoms with Gasteiger partial charge in [0, 0.05) is 24.3 Å². The summed E-state index contributed by atoms with van der Waals surface area (Å²) in [6.07, 6.45) is 3.68. The van der Waals surface area contributed by atoms with Crippen LogP contribution in [0.4, 0.5) is 0 Å². The number of hydrogen-bond acceptors (Lipinski definition) is 4. The van der Waals surface area contributed by atoms with Crippen molar-refractivity contribution >= 4 is 0 Å². The normalized spacial score (nSPS) is 20.3. The molecule has 1 aromatic rings. The SMILES string of the molecule is Cc1nc(OCCC2CCCN2C)ccc1CN. The highest BCUT2D eigenvalue weighted by molar-refractivity contribution is 5.24. The van der Waals surface area contributed by atoms with Gasteiger partial charge >= 0.3 is 0 Å². The van der Waals surface area contributed by atoms with Crippen molar-refractivity contribution in [2.24, 2.45) is 5.73 Å². The molecule has 4 nitrogen and oxygen atoms in total.